The van der Waals surface area contributed by atoms with E-state index in [1.807, 2.05) is 68.4 Å². The van der Waals surface area contributed by atoms with Crippen LogP contribution in [0.15, 0.2) is 99.8 Å². The van der Waals surface area contributed by atoms with Crippen molar-refractivity contribution >= 4 is 45.9 Å². The van der Waals surface area contributed by atoms with Gasteiger partial charge in [0.25, 0.3) is 0 Å². The lowest BCUT2D eigenvalue weighted by Gasteiger charge is -2.37. The summed E-state index contributed by atoms with van der Waals surface area (Å²) in [6, 6.07) is 30.6. The van der Waals surface area contributed by atoms with Crippen LogP contribution in [0, 0.1) is 0 Å². The average molecular weight is 487 g/mol. The minimum atomic E-state index is -1.02. The first-order chi connectivity index (χ1) is 17.7. The Balaban J connectivity index is 1.57. The maximum atomic E-state index is 10.5. The van der Waals surface area contributed by atoms with Crippen molar-refractivity contribution in [1.82, 2.24) is 0 Å². The zero-order valence-corrected chi connectivity index (χ0v) is 21.4. The third-order valence-electron chi connectivity index (χ3n) is 7.40. The van der Waals surface area contributed by atoms with E-state index in [0.717, 1.165) is 55.2 Å². The molecule has 1 N–H and O–H groups in total. The zero-order valence-electron chi connectivity index (χ0n) is 21.4. The Morgan fingerprint density at radius 1 is 0.676 bits per heavy atom. The second-order valence-corrected chi connectivity index (χ2v) is 10.5. The van der Waals surface area contributed by atoms with Gasteiger partial charge in [-0.15, -0.1) is 0 Å². The molecule has 0 saturated carbocycles. The van der Waals surface area contributed by atoms with Gasteiger partial charge in [-0.05, 0) is 56.9 Å². The average Bonchev–Trinajstić information content (AvgIpc) is 3.47. The number of fused-ring (bicyclic) bond motifs is 5. The predicted molar refractivity (Wildman–Crippen MR) is 151 cm³/mol. The van der Waals surface area contributed by atoms with Gasteiger partial charge in [0, 0.05) is 27.3 Å². The van der Waals surface area contributed by atoms with E-state index in [-0.39, 0.29) is 0 Å². The molecule has 0 fully saturated rings. The molecule has 0 bridgehead atoms. The van der Waals surface area contributed by atoms with Crippen molar-refractivity contribution in [2.75, 3.05) is 0 Å². The van der Waals surface area contributed by atoms with Gasteiger partial charge in [0.1, 0.15) is 11.3 Å². The molecule has 1 radical (unpaired) electrons. The summed E-state index contributed by atoms with van der Waals surface area (Å²) in [6.07, 6.45) is 0. The standard InChI is InChI=1S/C32H28BO4/c1-31(2,34)32(3,4)37-33-24-16-11-17-25-27(24)23-19-18-22-26(20-12-7-5-8-13-20)28(21-14-9-6-10-15-21)36-30(22)29(23)35-25/h5-19,34H,1-4H3. The summed E-state index contributed by atoms with van der Waals surface area (Å²) in [5, 5.41) is 13.4. The quantitative estimate of drug-likeness (QED) is 0.248. The molecular formula is C32H28BO4. The summed E-state index contributed by atoms with van der Waals surface area (Å²) in [4.78, 5) is 0. The van der Waals surface area contributed by atoms with Gasteiger partial charge in [-0.3, -0.25) is 0 Å². The Labute approximate surface area is 216 Å². The molecule has 5 heteroatoms. The van der Waals surface area contributed by atoms with Crippen LogP contribution < -0.4 is 5.46 Å². The van der Waals surface area contributed by atoms with Gasteiger partial charge in [0.2, 0.25) is 0 Å². The highest BCUT2D eigenvalue weighted by Crippen LogP contribution is 2.44. The van der Waals surface area contributed by atoms with Crippen LogP contribution in [0.3, 0.4) is 0 Å². The molecule has 6 aromatic rings. The maximum absolute atomic E-state index is 10.5. The van der Waals surface area contributed by atoms with Crippen LogP contribution in [0.25, 0.3) is 55.4 Å². The first-order valence-corrected chi connectivity index (χ1v) is 12.5. The van der Waals surface area contributed by atoms with E-state index in [9.17, 15) is 5.11 Å². The van der Waals surface area contributed by atoms with Crippen molar-refractivity contribution in [3.63, 3.8) is 0 Å². The van der Waals surface area contributed by atoms with Crippen molar-refractivity contribution in [3.05, 3.63) is 91.0 Å². The first kappa shape index (κ1) is 23.6. The molecule has 37 heavy (non-hydrogen) atoms. The van der Waals surface area contributed by atoms with Crippen LogP contribution in [0.4, 0.5) is 0 Å². The predicted octanol–water partition coefficient (Wildman–Crippen LogP) is 7.48. The Kier molecular flexibility index (Phi) is 5.52. The summed E-state index contributed by atoms with van der Waals surface area (Å²) in [5.41, 5.74) is 4.40. The van der Waals surface area contributed by atoms with Gasteiger partial charge in [-0.2, -0.15) is 0 Å². The SMILES string of the molecule is CC(C)(O)C(C)(C)O[B]c1cccc2oc3c(ccc4c(-c5ccccc5)c(-c5ccccc5)oc43)c12. The highest BCUT2D eigenvalue weighted by Gasteiger charge is 2.36. The lowest BCUT2D eigenvalue weighted by atomic mass is 9.80. The molecule has 0 aliphatic rings. The molecule has 0 spiro atoms. The van der Waals surface area contributed by atoms with Crippen LogP contribution in [0.5, 0.6) is 0 Å². The van der Waals surface area contributed by atoms with Crippen LogP contribution in [-0.4, -0.2) is 23.8 Å². The number of benzene rings is 4. The Morgan fingerprint density at radius 2 is 1.30 bits per heavy atom. The Morgan fingerprint density at radius 3 is 1.97 bits per heavy atom. The van der Waals surface area contributed by atoms with Crippen LogP contribution >= 0.6 is 0 Å². The summed E-state index contributed by atoms with van der Waals surface area (Å²) in [7, 11) is 1.71. The van der Waals surface area contributed by atoms with Crippen molar-refractivity contribution in [2.45, 2.75) is 38.9 Å². The largest absolute Gasteiger partial charge is 0.452 e. The third kappa shape index (κ3) is 3.95. The van der Waals surface area contributed by atoms with Crippen LogP contribution in [-0.2, 0) is 4.65 Å². The van der Waals surface area contributed by atoms with Crippen molar-refractivity contribution in [1.29, 1.82) is 0 Å². The van der Waals surface area contributed by atoms with E-state index >= 15 is 0 Å². The lowest BCUT2D eigenvalue weighted by molar-refractivity contribution is -0.0893. The van der Waals surface area contributed by atoms with Gasteiger partial charge in [-0.25, -0.2) is 0 Å². The minimum absolute atomic E-state index is 0.703. The van der Waals surface area contributed by atoms with Crippen LogP contribution in [0.1, 0.15) is 27.7 Å². The minimum Gasteiger partial charge on any atom is -0.452 e. The number of furan rings is 2. The fourth-order valence-corrected chi connectivity index (χ4v) is 4.60. The number of hydrogen-bond acceptors (Lipinski definition) is 4. The van der Waals surface area contributed by atoms with Gasteiger partial charge in [0.15, 0.2) is 11.2 Å². The fourth-order valence-electron chi connectivity index (χ4n) is 4.60. The molecule has 0 aliphatic carbocycles. The van der Waals surface area contributed by atoms with E-state index in [0.29, 0.717) is 5.58 Å². The topological polar surface area (TPSA) is 55.7 Å². The van der Waals surface area contributed by atoms with E-state index in [2.05, 4.69) is 36.4 Å². The van der Waals surface area contributed by atoms with E-state index < -0.39 is 11.2 Å². The monoisotopic (exact) mass is 487 g/mol. The van der Waals surface area contributed by atoms with Gasteiger partial charge < -0.3 is 18.6 Å². The highest BCUT2D eigenvalue weighted by molar-refractivity contribution is 6.53. The molecule has 2 aromatic heterocycles. The van der Waals surface area contributed by atoms with Gasteiger partial charge in [-0.1, -0.05) is 72.8 Å². The van der Waals surface area contributed by atoms with Gasteiger partial charge in [0.05, 0.1) is 11.2 Å². The summed E-state index contributed by atoms with van der Waals surface area (Å²) < 4.78 is 19.1. The van der Waals surface area contributed by atoms with Crippen molar-refractivity contribution in [3.8, 4) is 22.5 Å². The molecule has 6 rings (SSSR count). The van der Waals surface area contributed by atoms with E-state index in [1.165, 1.54) is 0 Å². The summed E-state index contributed by atoms with van der Waals surface area (Å²) in [6.45, 7) is 7.24. The summed E-state index contributed by atoms with van der Waals surface area (Å²) >= 11 is 0. The van der Waals surface area contributed by atoms with E-state index in [1.54, 1.807) is 21.3 Å². The van der Waals surface area contributed by atoms with Gasteiger partial charge >= 0.3 is 7.48 Å². The van der Waals surface area contributed by atoms with Crippen molar-refractivity contribution in [2.24, 2.45) is 0 Å². The molecule has 0 saturated heterocycles. The first-order valence-electron chi connectivity index (χ1n) is 12.5. The molecule has 0 atom stereocenters. The van der Waals surface area contributed by atoms with Crippen molar-refractivity contribution < 1.29 is 18.6 Å². The Bertz CT molecular complexity index is 1720. The normalized spacial score (nSPS) is 12.6. The molecule has 0 unspecified atom stereocenters. The second kappa shape index (κ2) is 8.65. The molecule has 2 heterocycles. The smallest absolute Gasteiger partial charge is 0.331 e. The molecule has 0 amide bonds. The molecule has 0 aliphatic heterocycles. The Hall–Kier alpha value is -3.80. The van der Waals surface area contributed by atoms with Crippen LogP contribution in [0.2, 0.25) is 0 Å². The van der Waals surface area contributed by atoms with E-state index in [4.69, 9.17) is 13.5 Å². The molecule has 183 valence electrons. The number of hydrogen-bond donors (Lipinski definition) is 1. The number of aliphatic hydroxyl groups is 1. The second-order valence-electron chi connectivity index (χ2n) is 10.5. The number of rotatable bonds is 6. The summed E-state index contributed by atoms with van der Waals surface area (Å²) in [5.74, 6) is 0.816. The third-order valence-corrected chi connectivity index (χ3v) is 7.40. The maximum Gasteiger partial charge on any atom is 0.331 e. The highest BCUT2D eigenvalue weighted by atomic mass is 16.5. The molecule has 4 aromatic carbocycles. The zero-order chi connectivity index (χ0) is 25.8. The fraction of sp³-hybridized carbons (Fsp3) is 0.188. The lowest BCUT2D eigenvalue weighted by Crippen LogP contribution is -2.49. The molecule has 4 nitrogen and oxygen atoms in total. The molecular weight excluding hydrogens is 459 g/mol.